The van der Waals surface area contributed by atoms with E-state index in [9.17, 15) is 0 Å². The number of hydrogen-bond acceptors (Lipinski definition) is 0. The molecule has 0 fully saturated rings. The van der Waals surface area contributed by atoms with Crippen molar-refractivity contribution < 1.29 is 0 Å². The van der Waals surface area contributed by atoms with E-state index in [2.05, 4.69) is 27.5 Å². The molecule has 46 valence electrons. The summed E-state index contributed by atoms with van der Waals surface area (Å²) in [5.41, 5.74) is 0. The first-order chi connectivity index (χ1) is 3.68. The molecule has 0 aliphatic heterocycles. The third kappa shape index (κ3) is 1.94. The zero-order valence-corrected chi connectivity index (χ0v) is 6.62. The molecule has 0 heterocycles. The van der Waals surface area contributed by atoms with Crippen LogP contribution in [0, 0.1) is 0 Å². The van der Waals surface area contributed by atoms with Crippen molar-refractivity contribution in [2.75, 3.05) is 0 Å². The molecule has 0 rings (SSSR count). The van der Waals surface area contributed by atoms with Crippen molar-refractivity contribution in [1.82, 2.24) is 0 Å². The van der Waals surface area contributed by atoms with Crippen LogP contribution in [0.2, 0.25) is 18.9 Å². The normalized spacial score (nSPS) is 11.0. The Labute approximate surface area is 54.5 Å². The van der Waals surface area contributed by atoms with Crippen molar-refractivity contribution in [2.45, 2.75) is 39.1 Å². The molecule has 0 amide bonds. The molecule has 0 spiro atoms. The summed E-state index contributed by atoms with van der Waals surface area (Å²) in [7, 11) is 2.64. The largest absolute Gasteiger partial charge is 0.115 e. The van der Waals surface area contributed by atoms with Gasteiger partial charge in [-0.1, -0.05) is 39.1 Å². The van der Waals surface area contributed by atoms with E-state index in [4.69, 9.17) is 0 Å². The number of hydrogen-bond donors (Lipinski definition) is 0. The van der Waals surface area contributed by atoms with Gasteiger partial charge in [-0.3, -0.25) is 0 Å². The minimum absolute atomic E-state index is 0.625. The molecule has 0 unspecified atom stereocenters. The molecule has 0 aromatic carbocycles. The Balaban J connectivity index is 3.58. The van der Waals surface area contributed by atoms with E-state index in [-0.39, 0.29) is 0 Å². The van der Waals surface area contributed by atoms with E-state index in [0.29, 0.717) is 5.21 Å². The van der Waals surface area contributed by atoms with Gasteiger partial charge < -0.3 is 0 Å². The first kappa shape index (κ1) is 8.13. The lowest BCUT2D eigenvalue weighted by Gasteiger charge is -2.21. The fourth-order valence-electron chi connectivity index (χ4n) is 0.750. The first-order valence-electron chi connectivity index (χ1n) is 3.68. The quantitative estimate of drug-likeness (QED) is 0.482. The van der Waals surface area contributed by atoms with Crippen molar-refractivity contribution >= 4 is 14.6 Å². The fraction of sp³-hybridized carbons (Fsp3) is 1.00. The Morgan fingerprint density at radius 3 is 1.62 bits per heavy atom. The maximum atomic E-state index is 2.35. The molecular weight excluding hydrogens is 93.7 g/mol. The van der Waals surface area contributed by atoms with Gasteiger partial charge in [-0.15, -0.1) is 0 Å². The van der Waals surface area contributed by atoms with Crippen molar-refractivity contribution in [2.24, 2.45) is 0 Å². The Morgan fingerprint density at radius 2 is 1.62 bits per heavy atom. The lowest BCUT2D eigenvalue weighted by Crippen LogP contribution is -2.18. The van der Waals surface area contributed by atoms with Crippen LogP contribution in [0.3, 0.4) is 0 Å². The molecule has 0 radical (unpaired) electrons. The third-order valence-corrected chi connectivity index (χ3v) is 2.56. The predicted molar refractivity (Wildman–Crippen MR) is 44.7 cm³/mol. The van der Waals surface area contributed by atoms with E-state index in [1.54, 1.807) is 0 Å². The van der Waals surface area contributed by atoms with Gasteiger partial charge in [0, 0.05) is 0 Å². The van der Waals surface area contributed by atoms with Gasteiger partial charge in [0.2, 0.25) is 0 Å². The molecule has 0 N–H and O–H groups in total. The van der Waals surface area contributed by atoms with E-state index < -0.39 is 0 Å². The Bertz CT molecular complexity index is 49.3. The van der Waals surface area contributed by atoms with Gasteiger partial charge in [-0.25, -0.2) is 0 Å². The summed E-state index contributed by atoms with van der Waals surface area (Å²) in [6, 6.07) is 0. The van der Waals surface area contributed by atoms with Gasteiger partial charge in [0.15, 0.2) is 0 Å². The average molecular weight is 110 g/mol. The van der Waals surface area contributed by atoms with Crippen molar-refractivity contribution in [1.29, 1.82) is 0 Å². The van der Waals surface area contributed by atoms with Gasteiger partial charge in [0.1, 0.15) is 14.6 Å². The van der Waals surface area contributed by atoms with Crippen molar-refractivity contribution in [3.63, 3.8) is 0 Å². The molecule has 0 atom stereocenters. The first-order valence-corrected chi connectivity index (χ1v) is 3.68. The highest BCUT2D eigenvalue weighted by molar-refractivity contribution is 6.60. The molecule has 0 bridgehead atoms. The highest BCUT2D eigenvalue weighted by atomic mass is 14.0. The maximum Gasteiger partial charge on any atom is 0.115 e. The predicted octanol–water partition coefficient (Wildman–Crippen LogP) is 1.50. The molecule has 0 nitrogen and oxygen atoms in total. The van der Waals surface area contributed by atoms with Crippen LogP contribution in [-0.4, -0.2) is 14.6 Å². The highest BCUT2D eigenvalue weighted by Gasteiger charge is 2.17. The van der Waals surface area contributed by atoms with E-state index in [1.165, 1.54) is 21.0 Å². The minimum Gasteiger partial charge on any atom is -0.0895 e. The van der Waals surface area contributed by atoms with Gasteiger partial charge in [0.05, 0.1) is 0 Å². The molecule has 0 aromatic rings. The zero-order chi connectivity index (χ0) is 6.62. The fourth-order valence-corrected chi connectivity index (χ4v) is 0.750. The van der Waals surface area contributed by atoms with Crippen LogP contribution in [0.15, 0.2) is 0 Å². The van der Waals surface area contributed by atoms with E-state index in [1.807, 2.05) is 0 Å². The van der Waals surface area contributed by atoms with Crippen molar-refractivity contribution in [3.05, 3.63) is 0 Å². The molecule has 0 aliphatic carbocycles. The summed E-state index contributed by atoms with van der Waals surface area (Å²) in [6.07, 6.45) is 1.32. The van der Waals surface area contributed by atoms with E-state index >= 15 is 0 Å². The van der Waals surface area contributed by atoms with Crippen LogP contribution in [0.4, 0.5) is 0 Å². The summed E-state index contributed by atoms with van der Waals surface area (Å²) in [5.74, 6) is 0. The summed E-state index contributed by atoms with van der Waals surface area (Å²) in [4.78, 5) is 0. The van der Waals surface area contributed by atoms with Gasteiger partial charge in [0.25, 0.3) is 0 Å². The summed E-state index contributed by atoms with van der Waals surface area (Å²) in [6.45, 7) is 9.17. The smallest absolute Gasteiger partial charge is 0.0895 e. The summed E-state index contributed by atoms with van der Waals surface area (Å²) in [5, 5.41) is 0.625. The van der Waals surface area contributed by atoms with Crippen LogP contribution < -0.4 is 0 Å². The molecule has 8 heavy (non-hydrogen) atoms. The van der Waals surface area contributed by atoms with Gasteiger partial charge in [-0.05, 0) is 0 Å². The molecule has 0 aliphatic rings. The third-order valence-electron chi connectivity index (χ3n) is 2.56. The second kappa shape index (κ2) is 3.21. The second-order valence-corrected chi connectivity index (χ2v) is 2.87. The topological polar surface area (TPSA) is 0 Å². The molecule has 0 aromatic heterocycles. The Hall–Kier alpha value is 0.130. The standard InChI is InChI=1S/C6H16B2/c1-5-6(2,7-3)8-4/h7-8H,5H2,1-4H3. The summed E-state index contributed by atoms with van der Waals surface area (Å²) >= 11 is 0. The lowest BCUT2D eigenvalue weighted by molar-refractivity contribution is 0.784. The Kier molecular flexibility index (Phi) is 3.27. The SMILES string of the molecule is CBC(C)(BC)CC. The van der Waals surface area contributed by atoms with Crippen LogP contribution >= 0.6 is 0 Å². The van der Waals surface area contributed by atoms with E-state index in [0.717, 1.165) is 0 Å². The molecule has 2 heteroatoms. The highest BCUT2D eigenvalue weighted by Crippen LogP contribution is 2.25. The summed E-state index contributed by atoms with van der Waals surface area (Å²) < 4.78 is 0. The van der Waals surface area contributed by atoms with Gasteiger partial charge in [-0.2, -0.15) is 0 Å². The van der Waals surface area contributed by atoms with Crippen LogP contribution in [0.1, 0.15) is 20.3 Å². The maximum absolute atomic E-state index is 2.35. The molecule has 0 saturated heterocycles. The monoisotopic (exact) mass is 110 g/mol. The van der Waals surface area contributed by atoms with Crippen LogP contribution in [0.25, 0.3) is 0 Å². The average Bonchev–Trinajstić information content (AvgIpc) is 1.87. The minimum atomic E-state index is 0.625. The lowest BCUT2D eigenvalue weighted by atomic mass is 9.35. The molecule has 0 saturated carbocycles. The molecular formula is C6H16B2. The van der Waals surface area contributed by atoms with Gasteiger partial charge >= 0.3 is 0 Å². The number of rotatable bonds is 3. The van der Waals surface area contributed by atoms with Crippen molar-refractivity contribution in [3.8, 4) is 0 Å². The van der Waals surface area contributed by atoms with Crippen LogP contribution in [0.5, 0.6) is 0 Å². The van der Waals surface area contributed by atoms with Crippen LogP contribution in [-0.2, 0) is 0 Å². The Morgan fingerprint density at radius 1 is 1.25 bits per heavy atom. The second-order valence-electron chi connectivity index (χ2n) is 2.87. The zero-order valence-electron chi connectivity index (χ0n) is 6.62.